The molecule has 150 valence electrons. The maximum Gasteiger partial charge on any atom is 0.336 e. The zero-order valence-corrected chi connectivity index (χ0v) is 14.1. The second-order valence-corrected chi connectivity index (χ2v) is 5.05. The Labute approximate surface area is 148 Å². The molecule has 0 radical (unpaired) electrons. The number of carboxylic acids is 4. The van der Waals surface area contributed by atoms with Crippen LogP contribution in [0.15, 0.2) is 4.99 Å². The third-order valence-corrected chi connectivity index (χ3v) is 2.84. The molecule has 0 aromatic rings. The Morgan fingerprint density at radius 2 is 1.54 bits per heavy atom. The van der Waals surface area contributed by atoms with Crippen molar-refractivity contribution in [2.24, 2.45) is 16.5 Å². The van der Waals surface area contributed by atoms with Crippen molar-refractivity contribution >= 4 is 29.8 Å². The number of nitrogens with two attached hydrogens (primary N) is 2. The lowest BCUT2D eigenvalue weighted by molar-refractivity contribution is -0.170. The quantitative estimate of drug-likeness (QED) is 0.144. The van der Waals surface area contributed by atoms with Gasteiger partial charge in [-0.05, 0) is 19.4 Å². The number of hydrogen-bond acceptors (Lipinski definition) is 7. The Balaban J connectivity index is 0. The second kappa shape index (κ2) is 12.4. The summed E-state index contributed by atoms with van der Waals surface area (Å²) in [6, 6.07) is -0.702. The standard InChI is InChI=1S/C7H16N4O2.C6H8O7/c1-10-7(9)11-5(6(12)13)3-2-4-8;7-3(8)1-6(13,5(11)12)2-4(9)10/h5H,2-4,8H2,1H3,(H,12,13)(H3,9,10,11);13H,1-2H2,(H,7,8)(H,9,10)(H,11,12)/t5-;/m0./s1. The lowest BCUT2D eigenvalue weighted by Crippen LogP contribution is -2.44. The van der Waals surface area contributed by atoms with Gasteiger partial charge in [0.2, 0.25) is 0 Å². The van der Waals surface area contributed by atoms with E-state index in [4.69, 9.17) is 37.0 Å². The summed E-state index contributed by atoms with van der Waals surface area (Å²) in [6.45, 7) is 0.467. The minimum atomic E-state index is -2.74. The Morgan fingerprint density at radius 1 is 1.08 bits per heavy atom. The Kier molecular flexibility index (Phi) is 12.1. The van der Waals surface area contributed by atoms with Crippen LogP contribution in [0.25, 0.3) is 0 Å². The molecule has 0 saturated heterocycles. The van der Waals surface area contributed by atoms with E-state index in [1.165, 1.54) is 7.05 Å². The maximum absolute atomic E-state index is 10.6. The molecule has 0 aliphatic rings. The van der Waals surface area contributed by atoms with Crippen molar-refractivity contribution in [3.05, 3.63) is 0 Å². The van der Waals surface area contributed by atoms with Crippen molar-refractivity contribution in [1.29, 1.82) is 0 Å². The number of aliphatic imine (C=N–C) groups is 1. The molecule has 13 heteroatoms. The molecule has 13 nitrogen and oxygen atoms in total. The fourth-order valence-corrected chi connectivity index (χ4v) is 1.54. The highest BCUT2D eigenvalue weighted by Gasteiger charge is 2.40. The van der Waals surface area contributed by atoms with Crippen molar-refractivity contribution in [2.45, 2.75) is 37.3 Å². The zero-order chi connectivity index (χ0) is 20.9. The SMILES string of the molecule is CN=C(N)N[C@@H](CCCN)C(=O)O.O=C(O)CC(O)(CC(=O)O)C(=O)O. The van der Waals surface area contributed by atoms with E-state index in [0.29, 0.717) is 19.4 Å². The van der Waals surface area contributed by atoms with E-state index in [-0.39, 0.29) is 5.96 Å². The predicted octanol–water partition coefficient (Wildman–Crippen LogP) is -2.54. The molecule has 26 heavy (non-hydrogen) atoms. The lowest BCUT2D eigenvalue weighted by atomic mass is 9.96. The van der Waals surface area contributed by atoms with Crippen molar-refractivity contribution < 1.29 is 44.7 Å². The summed E-state index contributed by atoms with van der Waals surface area (Å²) in [5.41, 5.74) is 7.85. The van der Waals surface area contributed by atoms with Gasteiger partial charge >= 0.3 is 23.9 Å². The number of nitrogens with one attached hydrogen (secondary N) is 1. The molecule has 0 aliphatic heterocycles. The summed E-state index contributed by atoms with van der Waals surface area (Å²) in [5, 5.41) is 45.1. The highest BCUT2D eigenvalue weighted by molar-refractivity contribution is 5.88. The highest BCUT2D eigenvalue weighted by atomic mass is 16.4. The first-order chi connectivity index (χ1) is 11.9. The number of nitrogens with zero attached hydrogens (tertiary/aromatic N) is 1. The summed E-state index contributed by atoms with van der Waals surface area (Å²) in [7, 11) is 1.49. The van der Waals surface area contributed by atoms with Crippen molar-refractivity contribution in [3.63, 3.8) is 0 Å². The number of aliphatic carboxylic acids is 4. The van der Waals surface area contributed by atoms with Crippen LogP contribution in [0.2, 0.25) is 0 Å². The number of aliphatic hydroxyl groups is 1. The van der Waals surface area contributed by atoms with E-state index in [1.54, 1.807) is 0 Å². The molecule has 0 bridgehead atoms. The summed E-state index contributed by atoms with van der Waals surface area (Å²) < 4.78 is 0. The van der Waals surface area contributed by atoms with E-state index < -0.39 is 48.4 Å². The van der Waals surface area contributed by atoms with Gasteiger partial charge in [-0.15, -0.1) is 0 Å². The molecule has 0 fully saturated rings. The maximum atomic E-state index is 10.6. The van der Waals surface area contributed by atoms with Gasteiger partial charge in [0.1, 0.15) is 6.04 Å². The van der Waals surface area contributed by atoms with Gasteiger partial charge in [-0.25, -0.2) is 9.59 Å². The van der Waals surface area contributed by atoms with Gasteiger partial charge in [-0.3, -0.25) is 14.6 Å². The van der Waals surface area contributed by atoms with Gasteiger partial charge in [0.05, 0.1) is 12.8 Å². The van der Waals surface area contributed by atoms with Gasteiger partial charge in [0.15, 0.2) is 11.6 Å². The topological polar surface area (TPSA) is 246 Å². The van der Waals surface area contributed by atoms with E-state index in [1.807, 2.05) is 0 Å². The van der Waals surface area contributed by atoms with E-state index in [0.717, 1.165) is 0 Å². The first-order valence-electron chi connectivity index (χ1n) is 7.20. The molecule has 0 heterocycles. The largest absolute Gasteiger partial charge is 0.481 e. The summed E-state index contributed by atoms with van der Waals surface area (Å²) in [4.78, 5) is 44.7. The van der Waals surface area contributed by atoms with Gasteiger partial charge < -0.3 is 42.3 Å². The van der Waals surface area contributed by atoms with Gasteiger partial charge in [-0.1, -0.05) is 0 Å². The van der Waals surface area contributed by atoms with Crippen LogP contribution in [0.1, 0.15) is 25.7 Å². The molecule has 0 aliphatic carbocycles. The molecule has 0 rings (SSSR count). The molecule has 0 amide bonds. The van der Waals surface area contributed by atoms with Crippen LogP contribution >= 0.6 is 0 Å². The molecule has 1 atom stereocenters. The van der Waals surface area contributed by atoms with E-state index in [9.17, 15) is 19.2 Å². The Morgan fingerprint density at radius 3 is 1.81 bits per heavy atom. The number of guanidine groups is 1. The molecule has 0 aromatic heterocycles. The van der Waals surface area contributed by atoms with E-state index in [2.05, 4.69) is 10.3 Å². The van der Waals surface area contributed by atoms with Crippen LogP contribution in [0.4, 0.5) is 0 Å². The summed E-state index contributed by atoms with van der Waals surface area (Å²) >= 11 is 0. The van der Waals surface area contributed by atoms with E-state index >= 15 is 0 Å². The minimum Gasteiger partial charge on any atom is -0.481 e. The van der Waals surface area contributed by atoms with Crippen molar-refractivity contribution in [3.8, 4) is 0 Å². The highest BCUT2D eigenvalue weighted by Crippen LogP contribution is 2.15. The normalized spacial score (nSPS) is 12.3. The smallest absolute Gasteiger partial charge is 0.336 e. The fourth-order valence-electron chi connectivity index (χ4n) is 1.54. The average molecular weight is 380 g/mol. The minimum absolute atomic E-state index is 0.129. The Bertz CT molecular complexity index is 520. The molecular formula is C13H24N4O9. The fraction of sp³-hybridized carbons (Fsp3) is 0.615. The number of hydrogen-bond donors (Lipinski definition) is 8. The average Bonchev–Trinajstić information content (AvgIpc) is 2.49. The predicted molar refractivity (Wildman–Crippen MR) is 87.5 cm³/mol. The third kappa shape index (κ3) is 11.6. The van der Waals surface area contributed by atoms with Crippen molar-refractivity contribution in [2.75, 3.05) is 13.6 Å². The van der Waals surface area contributed by atoms with Gasteiger partial charge in [0, 0.05) is 7.05 Å². The number of carboxylic acid groups (broad SMARTS) is 4. The zero-order valence-electron chi connectivity index (χ0n) is 14.1. The third-order valence-electron chi connectivity index (χ3n) is 2.84. The molecule has 10 N–H and O–H groups in total. The van der Waals surface area contributed by atoms with Crippen LogP contribution in [-0.2, 0) is 19.2 Å². The first kappa shape index (κ1) is 25.3. The molecule has 0 spiro atoms. The summed E-state index contributed by atoms with van der Waals surface area (Å²) in [6.07, 6.45) is -1.20. The van der Waals surface area contributed by atoms with Crippen LogP contribution in [0.5, 0.6) is 0 Å². The van der Waals surface area contributed by atoms with Crippen molar-refractivity contribution in [1.82, 2.24) is 5.32 Å². The molecular weight excluding hydrogens is 356 g/mol. The lowest BCUT2D eigenvalue weighted by Gasteiger charge is -2.18. The van der Waals surface area contributed by atoms with Crippen LogP contribution in [-0.4, -0.2) is 80.6 Å². The first-order valence-corrected chi connectivity index (χ1v) is 7.20. The molecule has 0 saturated carbocycles. The number of carbonyl (C=O) groups is 4. The Hall–Kier alpha value is -2.93. The van der Waals surface area contributed by atoms with Gasteiger partial charge in [-0.2, -0.15) is 0 Å². The van der Waals surface area contributed by atoms with Crippen LogP contribution in [0, 0.1) is 0 Å². The van der Waals surface area contributed by atoms with Crippen LogP contribution in [0.3, 0.4) is 0 Å². The molecule has 0 aromatic carbocycles. The molecule has 0 unspecified atom stereocenters. The number of rotatable bonds is 10. The van der Waals surface area contributed by atoms with Crippen LogP contribution < -0.4 is 16.8 Å². The van der Waals surface area contributed by atoms with Gasteiger partial charge in [0.25, 0.3) is 0 Å². The summed E-state index contributed by atoms with van der Waals surface area (Å²) in [5.74, 6) is -5.83. The monoisotopic (exact) mass is 380 g/mol. The second-order valence-electron chi connectivity index (χ2n) is 5.05.